The molecule has 2 heteroatoms. The van der Waals surface area contributed by atoms with E-state index in [9.17, 15) is 0 Å². The van der Waals surface area contributed by atoms with E-state index in [-0.39, 0.29) is 0 Å². The van der Waals surface area contributed by atoms with Crippen LogP contribution < -0.4 is 10.1 Å². The third-order valence-corrected chi connectivity index (χ3v) is 3.55. The van der Waals surface area contributed by atoms with Crippen LogP contribution >= 0.6 is 0 Å². The maximum Gasteiger partial charge on any atom is 0.124 e. The molecule has 0 aromatic heterocycles. The fraction of sp³-hybridized carbons (Fsp3) is 0.333. The lowest BCUT2D eigenvalue weighted by atomic mass is 10.0. The number of ether oxygens (including phenoxy) is 1. The highest BCUT2D eigenvalue weighted by atomic mass is 16.5. The van der Waals surface area contributed by atoms with Gasteiger partial charge >= 0.3 is 0 Å². The number of hydrogen-bond acceptors (Lipinski definition) is 2. The van der Waals surface area contributed by atoms with E-state index >= 15 is 0 Å². The molecule has 0 aliphatic heterocycles. The van der Waals surface area contributed by atoms with Gasteiger partial charge < -0.3 is 10.1 Å². The summed E-state index contributed by atoms with van der Waals surface area (Å²) < 4.78 is 6.04. The number of benzene rings is 2. The van der Waals surface area contributed by atoms with Crippen molar-refractivity contribution in [3.8, 4) is 5.75 Å². The molecule has 20 heavy (non-hydrogen) atoms. The highest BCUT2D eigenvalue weighted by molar-refractivity contribution is 5.36. The molecule has 2 aromatic rings. The minimum atomic E-state index is 0.627. The van der Waals surface area contributed by atoms with Crippen LogP contribution in [0.2, 0.25) is 0 Å². The Bertz CT molecular complexity index is 543. The van der Waals surface area contributed by atoms with Crippen LogP contribution in [0.1, 0.15) is 29.2 Å². The normalized spacial score (nSPS) is 10.6. The fourth-order valence-electron chi connectivity index (χ4n) is 2.28. The maximum atomic E-state index is 6.04. The zero-order chi connectivity index (χ0) is 14.4. The van der Waals surface area contributed by atoms with Crippen molar-refractivity contribution in [3.05, 3.63) is 64.7 Å². The maximum absolute atomic E-state index is 6.04. The molecule has 0 bridgehead atoms. The Morgan fingerprint density at radius 2 is 1.65 bits per heavy atom. The Kier molecular flexibility index (Phi) is 5.19. The Morgan fingerprint density at radius 3 is 2.35 bits per heavy atom. The molecule has 2 aromatic carbocycles. The lowest BCUT2D eigenvalue weighted by Gasteiger charge is -2.14. The number of nitrogens with one attached hydrogen (secondary N) is 1. The summed E-state index contributed by atoms with van der Waals surface area (Å²) in [7, 11) is 0. The topological polar surface area (TPSA) is 21.3 Å². The monoisotopic (exact) mass is 269 g/mol. The molecule has 0 saturated carbocycles. The summed E-state index contributed by atoms with van der Waals surface area (Å²) in [6, 6.07) is 14.6. The van der Waals surface area contributed by atoms with Crippen molar-refractivity contribution in [1.29, 1.82) is 0 Å². The van der Waals surface area contributed by atoms with E-state index in [4.69, 9.17) is 4.74 Å². The second-order valence-corrected chi connectivity index (χ2v) is 5.05. The third-order valence-electron chi connectivity index (χ3n) is 3.55. The molecule has 106 valence electrons. The molecule has 0 heterocycles. The Morgan fingerprint density at radius 1 is 0.950 bits per heavy atom. The van der Waals surface area contributed by atoms with E-state index in [2.05, 4.69) is 56.4 Å². The van der Waals surface area contributed by atoms with Crippen molar-refractivity contribution in [1.82, 2.24) is 5.32 Å². The predicted octanol–water partition coefficient (Wildman–Crippen LogP) is 3.99. The van der Waals surface area contributed by atoms with Gasteiger partial charge in [0.1, 0.15) is 12.4 Å². The first-order valence-corrected chi connectivity index (χ1v) is 7.19. The summed E-state index contributed by atoms with van der Waals surface area (Å²) in [6.07, 6.45) is 0. The second-order valence-electron chi connectivity index (χ2n) is 5.05. The van der Waals surface area contributed by atoms with Crippen molar-refractivity contribution in [2.45, 2.75) is 33.9 Å². The van der Waals surface area contributed by atoms with Gasteiger partial charge in [-0.15, -0.1) is 0 Å². The highest BCUT2D eigenvalue weighted by Gasteiger charge is 2.06. The average molecular weight is 269 g/mol. The van der Waals surface area contributed by atoms with E-state index < -0.39 is 0 Å². The Hall–Kier alpha value is -1.80. The van der Waals surface area contributed by atoms with Crippen molar-refractivity contribution in [2.24, 2.45) is 0 Å². The molecule has 0 radical (unpaired) electrons. The van der Waals surface area contributed by atoms with Gasteiger partial charge in [0, 0.05) is 12.1 Å². The molecule has 0 saturated heterocycles. The van der Waals surface area contributed by atoms with Crippen LogP contribution in [0.3, 0.4) is 0 Å². The zero-order valence-electron chi connectivity index (χ0n) is 12.6. The third kappa shape index (κ3) is 3.61. The van der Waals surface area contributed by atoms with E-state index in [1.165, 1.54) is 22.3 Å². The number of rotatable bonds is 6. The smallest absolute Gasteiger partial charge is 0.124 e. The van der Waals surface area contributed by atoms with Gasteiger partial charge in [-0.2, -0.15) is 0 Å². The summed E-state index contributed by atoms with van der Waals surface area (Å²) in [6.45, 7) is 8.82. The van der Waals surface area contributed by atoms with E-state index in [0.29, 0.717) is 6.61 Å². The minimum Gasteiger partial charge on any atom is -0.489 e. The fourth-order valence-corrected chi connectivity index (χ4v) is 2.28. The van der Waals surface area contributed by atoms with E-state index in [1.807, 2.05) is 12.1 Å². The molecule has 1 N–H and O–H groups in total. The zero-order valence-corrected chi connectivity index (χ0v) is 12.6. The highest BCUT2D eigenvalue weighted by Crippen LogP contribution is 2.21. The summed E-state index contributed by atoms with van der Waals surface area (Å²) >= 11 is 0. The summed E-state index contributed by atoms with van der Waals surface area (Å²) in [5, 5.41) is 3.35. The van der Waals surface area contributed by atoms with Crippen LogP contribution in [0.15, 0.2) is 42.5 Å². The lowest BCUT2D eigenvalue weighted by Crippen LogP contribution is -2.13. The van der Waals surface area contributed by atoms with Crippen molar-refractivity contribution in [3.63, 3.8) is 0 Å². The minimum absolute atomic E-state index is 0.627. The van der Waals surface area contributed by atoms with Gasteiger partial charge in [0.05, 0.1) is 0 Å². The van der Waals surface area contributed by atoms with Gasteiger partial charge in [-0.3, -0.25) is 0 Å². The molecule has 0 unspecified atom stereocenters. The predicted molar refractivity (Wildman–Crippen MR) is 84.1 cm³/mol. The summed E-state index contributed by atoms with van der Waals surface area (Å²) in [5.41, 5.74) is 5.06. The molecule has 0 amide bonds. The van der Waals surface area contributed by atoms with Gasteiger partial charge in [-0.1, -0.05) is 43.3 Å². The molecule has 0 aliphatic carbocycles. The number of aryl methyl sites for hydroxylation is 2. The molecule has 0 fully saturated rings. The van der Waals surface area contributed by atoms with Gasteiger partial charge in [0.15, 0.2) is 0 Å². The number of hydrogen-bond donors (Lipinski definition) is 1. The average Bonchev–Trinajstić information content (AvgIpc) is 2.45. The number of para-hydroxylation sites is 1. The Labute approximate surface area is 121 Å². The molecule has 0 spiro atoms. The summed E-state index contributed by atoms with van der Waals surface area (Å²) in [4.78, 5) is 0. The lowest BCUT2D eigenvalue weighted by molar-refractivity contribution is 0.300. The van der Waals surface area contributed by atoms with Gasteiger partial charge in [-0.05, 0) is 43.1 Å². The Balaban J connectivity index is 2.11. The van der Waals surface area contributed by atoms with Crippen molar-refractivity contribution < 1.29 is 4.74 Å². The van der Waals surface area contributed by atoms with Crippen LogP contribution in [0, 0.1) is 13.8 Å². The second kappa shape index (κ2) is 7.11. The van der Waals surface area contributed by atoms with Gasteiger partial charge in [0.25, 0.3) is 0 Å². The first-order valence-electron chi connectivity index (χ1n) is 7.19. The molecule has 2 rings (SSSR count). The van der Waals surface area contributed by atoms with Gasteiger partial charge in [0.2, 0.25) is 0 Å². The SMILES string of the molecule is CCNCc1ccccc1OCc1c(C)cccc1C. The van der Waals surface area contributed by atoms with Crippen LogP contribution in [0.25, 0.3) is 0 Å². The van der Waals surface area contributed by atoms with Crippen LogP contribution in [0.4, 0.5) is 0 Å². The van der Waals surface area contributed by atoms with Crippen LogP contribution in [-0.4, -0.2) is 6.54 Å². The summed E-state index contributed by atoms with van der Waals surface area (Å²) in [5.74, 6) is 0.969. The van der Waals surface area contributed by atoms with Gasteiger partial charge in [-0.25, -0.2) is 0 Å². The first-order chi connectivity index (χ1) is 9.72. The largest absolute Gasteiger partial charge is 0.489 e. The van der Waals surface area contributed by atoms with Crippen molar-refractivity contribution in [2.75, 3.05) is 6.54 Å². The quantitative estimate of drug-likeness (QED) is 0.856. The molecule has 2 nitrogen and oxygen atoms in total. The van der Waals surface area contributed by atoms with E-state index in [0.717, 1.165) is 18.8 Å². The molecular weight excluding hydrogens is 246 g/mol. The molecular formula is C18H23NO. The van der Waals surface area contributed by atoms with Crippen molar-refractivity contribution >= 4 is 0 Å². The van der Waals surface area contributed by atoms with Crippen LogP contribution in [-0.2, 0) is 13.2 Å². The van der Waals surface area contributed by atoms with Crippen LogP contribution in [0.5, 0.6) is 5.75 Å². The molecule has 0 atom stereocenters. The first kappa shape index (κ1) is 14.6. The standard InChI is InChI=1S/C18H23NO/c1-4-19-12-16-10-5-6-11-18(16)20-13-17-14(2)8-7-9-15(17)3/h5-11,19H,4,12-13H2,1-3H3. The molecule has 0 aliphatic rings. The van der Waals surface area contributed by atoms with E-state index in [1.54, 1.807) is 0 Å².